The zero-order valence-electron chi connectivity index (χ0n) is 10.0. The van der Waals surface area contributed by atoms with Crippen molar-refractivity contribution in [3.05, 3.63) is 0 Å². The molecule has 0 bridgehead atoms. The van der Waals surface area contributed by atoms with E-state index in [0.717, 1.165) is 18.9 Å². The second kappa shape index (κ2) is 6.48. The van der Waals surface area contributed by atoms with Gasteiger partial charge < -0.3 is 10.6 Å². The van der Waals surface area contributed by atoms with E-state index in [2.05, 4.69) is 16.0 Å². The average molecular weight is 227 g/mol. The van der Waals surface area contributed by atoms with Gasteiger partial charge in [-0.3, -0.25) is 10.1 Å². The molecule has 0 radical (unpaired) electrons. The summed E-state index contributed by atoms with van der Waals surface area (Å²) in [5.41, 5.74) is 0. The van der Waals surface area contributed by atoms with Gasteiger partial charge in [0.25, 0.3) is 0 Å². The van der Waals surface area contributed by atoms with Crippen molar-refractivity contribution in [3.63, 3.8) is 0 Å². The van der Waals surface area contributed by atoms with Gasteiger partial charge in [0.05, 0.1) is 6.04 Å². The summed E-state index contributed by atoms with van der Waals surface area (Å²) >= 11 is 0. The van der Waals surface area contributed by atoms with Crippen LogP contribution >= 0.6 is 0 Å². The summed E-state index contributed by atoms with van der Waals surface area (Å²) < 4.78 is 0. The van der Waals surface area contributed by atoms with Gasteiger partial charge in [0.2, 0.25) is 5.91 Å². The lowest BCUT2D eigenvalue weighted by atomic mass is 9.83. The van der Waals surface area contributed by atoms with Gasteiger partial charge in [0.15, 0.2) is 0 Å². The van der Waals surface area contributed by atoms with E-state index >= 15 is 0 Å². The minimum absolute atomic E-state index is 0.284. The summed E-state index contributed by atoms with van der Waals surface area (Å²) in [6.07, 6.45) is 5.11. The molecule has 0 aromatic carbocycles. The molecule has 1 aliphatic carbocycles. The fourth-order valence-electron chi connectivity index (χ4n) is 1.66. The molecule has 0 spiro atoms. The van der Waals surface area contributed by atoms with Crippen LogP contribution in [0.3, 0.4) is 0 Å². The van der Waals surface area contributed by atoms with Crippen molar-refractivity contribution in [2.75, 3.05) is 13.6 Å². The van der Waals surface area contributed by atoms with Gasteiger partial charge in [0.1, 0.15) is 0 Å². The van der Waals surface area contributed by atoms with E-state index in [1.54, 1.807) is 6.92 Å². The Hall–Kier alpha value is -1.10. The monoisotopic (exact) mass is 227 g/mol. The van der Waals surface area contributed by atoms with Crippen molar-refractivity contribution in [1.82, 2.24) is 16.0 Å². The number of rotatable bonds is 5. The topological polar surface area (TPSA) is 70.2 Å². The second-order valence-electron chi connectivity index (χ2n) is 4.33. The lowest BCUT2D eigenvalue weighted by molar-refractivity contribution is -0.121. The molecular formula is C11H21N3O2. The van der Waals surface area contributed by atoms with Crippen LogP contribution < -0.4 is 16.0 Å². The summed E-state index contributed by atoms with van der Waals surface area (Å²) in [6.45, 7) is 2.60. The maximum Gasteiger partial charge on any atom is 0.321 e. The molecule has 1 fully saturated rings. The van der Waals surface area contributed by atoms with E-state index in [1.165, 1.54) is 26.3 Å². The van der Waals surface area contributed by atoms with Crippen LogP contribution in [-0.4, -0.2) is 31.6 Å². The molecule has 1 saturated carbocycles. The fraction of sp³-hybridized carbons (Fsp3) is 0.818. The highest BCUT2D eigenvalue weighted by molar-refractivity contribution is 5.96. The third-order valence-corrected chi connectivity index (χ3v) is 3.08. The van der Waals surface area contributed by atoms with Crippen LogP contribution in [0.25, 0.3) is 0 Å². The SMILES string of the molecule is CNC(=O)NC(=O)C(C)NCCC1CCC1. The van der Waals surface area contributed by atoms with Crippen molar-refractivity contribution in [2.24, 2.45) is 5.92 Å². The number of carbonyl (C=O) groups is 2. The zero-order chi connectivity index (χ0) is 12.0. The van der Waals surface area contributed by atoms with E-state index in [-0.39, 0.29) is 11.9 Å². The normalized spacial score (nSPS) is 17.4. The van der Waals surface area contributed by atoms with Gasteiger partial charge in [0, 0.05) is 7.05 Å². The Labute approximate surface area is 96.4 Å². The highest BCUT2D eigenvalue weighted by Crippen LogP contribution is 2.28. The minimum Gasteiger partial charge on any atom is -0.341 e. The first-order valence-corrected chi connectivity index (χ1v) is 5.89. The first kappa shape index (κ1) is 13.0. The van der Waals surface area contributed by atoms with Crippen molar-refractivity contribution in [1.29, 1.82) is 0 Å². The van der Waals surface area contributed by atoms with Crippen LogP contribution in [0.2, 0.25) is 0 Å². The molecule has 0 saturated heterocycles. The lowest BCUT2D eigenvalue weighted by Crippen LogP contribution is -2.47. The number of hydrogen-bond donors (Lipinski definition) is 3. The quantitative estimate of drug-likeness (QED) is 0.644. The average Bonchev–Trinajstić information content (AvgIpc) is 2.21. The summed E-state index contributed by atoms with van der Waals surface area (Å²) in [4.78, 5) is 22.3. The smallest absolute Gasteiger partial charge is 0.321 e. The predicted octanol–water partition coefficient (Wildman–Crippen LogP) is 0.610. The molecule has 16 heavy (non-hydrogen) atoms. The maximum atomic E-state index is 11.4. The summed E-state index contributed by atoms with van der Waals surface area (Å²) in [7, 11) is 1.48. The number of hydrogen-bond acceptors (Lipinski definition) is 3. The van der Waals surface area contributed by atoms with Crippen LogP contribution in [0.4, 0.5) is 4.79 Å². The molecule has 0 aromatic heterocycles. The van der Waals surface area contributed by atoms with E-state index in [0.29, 0.717) is 0 Å². The molecule has 1 aliphatic rings. The standard InChI is InChI=1S/C11H21N3O2/c1-8(10(15)14-11(16)12-2)13-7-6-9-4-3-5-9/h8-9,13H,3-7H2,1-2H3,(H2,12,14,15,16). The highest BCUT2D eigenvalue weighted by Gasteiger charge is 2.18. The summed E-state index contributed by atoms with van der Waals surface area (Å²) in [6, 6.07) is -0.782. The Balaban J connectivity index is 2.10. The van der Waals surface area contributed by atoms with Crippen LogP contribution in [0.1, 0.15) is 32.6 Å². The van der Waals surface area contributed by atoms with Crippen LogP contribution in [0.15, 0.2) is 0 Å². The van der Waals surface area contributed by atoms with Gasteiger partial charge in [-0.25, -0.2) is 4.79 Å². The third kappa shape index (κ3) is 4.18. The summed E-state index contributed by atoms with van der Waals surface area (Å²) in [5.74, 6) is 0.551. The van der Waals surface area contributed by atoms with Gasteiger partial charge in [-0.05, 0) is 25.8 Å². The van der Waals surface area contributed by atoms with Crippen molar-refractivity contribution in [2.45, 2.75) is 38.6 Å². The Morgan fingerprint density at radius 1 is 1.38 bits per heavy atom. The number of imide groups is 1. The first-order chi connectivity index (χ1) is 7.63. The van der Waals surface area contributed by atoms with Gasteiger partial charge >= 0.3 is 6.03 Å². The zero-order valence-corrected chi connectivity index (χ0v) is 10.0. The summed E-state index contributed by atoms with van der Waals surface area (Å²) in [5, 5.41) is 7.71. The number of nitrogens with one attached hydrogen (secondary N) is 3. The second-order valence-corrected chi connectivity index (χ2v) is 4.33. The molecule has 1 rings (SSSR count). The van der Waals surface area contributed by atoms with Gasteiger partial charge in [-0.1, -0.05) is 19.3 Å². The van der Waals surface area contributed by atoms with E-state index < -0.39 is 6.03 Å². The molecule has 0 heterocycles. The van der Waals surface area contributed by atoms with Crippen LogP contribution in [0, 0.1) is 5.92 Å². The molecule has 5 nitrogen and oxygen atoms in total. The number of amides is 3. The van der Waals surface area contributed by atoms with Crippen LogP contribution in [-0.2, 0) is 4.79 Å². The molecule has 0 aromatic rings. The van der Waals surface area contributed by atoms with Crippen molar-refractivity contribution >= 4 is 11.9 Å². The molecule has 0 aliphatic heterocycles. The molecule has 5 heteroatoms. The Bertz CT molecular complexity index is 252. The van der Waals surface area contributed by atoms with Crippen molar-refractivity contribution in [3.8, 4) is 0 Å². The molecular weight excluding hydrogens is 206 g/mol. The van der Waals surface area contributed by atoms with E-state index in [4.69, 9.17) is 0 Å². The fourth-order valence-corrected chi connectivity index (χ4v) is 1.66. The largest absolute Gasteiger partial charge is 0.341 e. The van der Waals surface area contributed by atoms with Crippen LogP contribution in [0.5, 0.6) is 0 Å². The van der Waals surface area contributed by atoms with E-state index in [9.17, 15) is 9.59 Å². The number of carbonyl (C=O) groups excluding carboxylic acids is 2. The maximum absolute atomic E-state index is 11.4. The Kier molecular flexibility index (Phi) is 5.25. The van der Waals surface area contributed by atoms with E-state index in [1.807, 2.05) is 0 Å². The minimum atomic E-state index is -0.461. The third-order valence-electron chi connectivity index (χ3n) is 3.08. The lowest BCUT2D eigenvalue weighted by Gasteiger charge is -2.25. The van der Waals surface area contributed by atoms with Crippen molar-refractivity contribution < 1.29 is 9.59 Å². The highest BCUT2D eigenvalue weighted by atomic mass is 16.2. The number of urea groups is 1. The molecule has 1 unspecified atom stereocenters. The molecule has 92 valence electrons. The Morgan fingerprint density at radius 3 is 2.56 bits per heavy atom. The first-order valence-electron chi connectivity index (χ1n) is 5.89. The predicted molar refractivity (Wildman–Crippen MR) is 62.0 cm³/mol. The van der Waals surface area contributed by atoms with Gasteiger partial charge in [-0.15, -0.1) is 0 Å². The van der Waals surface area contributed by atoms with Gasteiger partial charge in [-0.2, -0.15) is 0 Å². The molecule has 3 N–H and O–H groups in total. The Morgan fingerprint density at radius 2 is 2.06 bits per heavy atom. The molecule has 3 amide bonds. The molecule has 1 atom stereocenters.